The van der Waals surface area contributed by atoms with E-state index < -0.39 is 0 Å². The maximum atomic E-state index is 6.14. The summed E-state index contributed by atoms with van der Waals surface area (Å²) in [5.74, 6) is 3.39. The summed E-state index contributed by atoms with van der Waals surface area (Å²) in [7, 11) is 0. The van der Waals surface area contributed by atoms with Crippen molar-refractivity contribution in [2.75, 3.05) is 39.6 Å². The fourth-order valence-electron chi connectivity index (χ4n) is 3.07. The van der Waals surface area contributed by atoms with Crippen molar-refractivity contribution in [2.45, 2.75) is 6.10 Å². The van der Waals surface area contributed by atoms with Crippen molar-refractivity contribution >= 4 is 0 Å². The Labute approximate surface area is 182 Å². The van der Waals surface area contributed by atoms with E-state index in [9.17, 15) is 0 Å². The third-order valence-electron chi connectivity index (χ3n) is 4.56. The van der Waals surface area contributed by atoms with Crippen LogP contribution in [0, 0.1) is 0 Å². The van der Waals surface area contributed by atoms with Crippen LogP contribution in [0.4, 0.5) is 0 Å². The largest absolute Gasteiger partial charge is 0.487 e. The topological polar surface area (TPSA) is 55.4 Å². The fourth-order valence-corrected chi connectivity index (χ4v) is 3.07. The van der Waals surface area contributed by atoms with E-state index in [2.05, 4.69) is 0 Å². The van der Waals surface area contributed by atoms with Gasteiger partial charge in [0, 0.05) is 0 Å². The molecule has 31 heavy (non-hydrogen) atoms. The number of rotatable bonds is 2. The minimum absolute atomic E-state index is 0.286. The molecule has 1 aliphatic rings. The van der Waals surface area contributed by atoms with Gasteiger partial charge in [-0.2, -0.15) is 0 Å². The number of para-hydroxylation sites is 5. The molecule has 3 aromatic rings. The molecular weight excluding hydrogens is 396 g/mol. The molecule has 6 nitrogen and oxygen atoms in total. The normalized spacial score (nSPS) is 15.7. The fraction of sp³-hybridized carbons (Fsp3) is 0.280. The molecule has 0 amide bonds. The Morgan fingerprint density at radius 1 is 0.516 bits per heavy atom. The van der Waals surface area contributed by atoms with Gasteiger partial charge in [0.2, 0.25) is 0 Å². The van der Waals surface area contributed by atoms with E-state index in [-0.39, 0.29) is 19.3 Å². The van der Waals surface area contributed by atoms with Gasteiger partial charge in [0.1, 0.15) is 32.2 Å². The maximum Gasteiger partial charge on any atom is 0.166 e. The standard InChI is InChI=1S/C25H26O6/c1-2-8-20(9-3-1)31-21-18-29-24-12-6-4-10-22(24)27-16-14-26-15-17-28-23-11-5-7-13-25(23)30-19-21/h1-13,21H,14-19H2. The molecule has 0 bridgehead atoms. The molecule has 0 aromatic heterocycles. The molecule has 3 aromatic carbocycles. The van der Waals surface area contributed by atoms with Crippen molar-refractivity contribution in [1.82, 2.24) is 0 Å². The smallest absolute Gasteiger partial charge is 0.166 e. The molecule has 4 rings (SSSR count). The zero-order valence-electron chi connectivity index (χ0n) is 17.3. The molecule has 0 saturated heterocycles. The summed E-state index contributed by atoms with van der Waals surface area (Å²) < 4.78 is 35.5. The minimum Gasteiger partial charge on any atom is -0.487 e. The highest BCUT2D eigenvalue weighted by Crippen LogP contribution is 2.29. The predicted octanol–water partition coefficient (Wildman–Crippen LogP) is 4.38. The van der Waals surface area contributed by atoms with Gasteiger partial charge in [-0.15, -0.1) is 0 Å². The van der Waals surface area contributed by atoms with E-state index >= 15 is 0 Å². The van der Waals surface area contributed by atoms with Crippen molar-refractivity contribution in [3.63, 3.8) is 0 Å². The average molecular weight is 422 g/mol. The van der Waals surface area contributed by atoms with Gasteiger partial charge >= 0.3 is 0 Å². The van der Waals surface area contributed by atoms with Crippen LogP contribution in [0.5, 0.6) is 28.7 Å². The van der Waals surface area contributed by atoms with Gasteiger partial charge in [0.05, 0.1) is 13.2 Å². The number of ether oxygens (including phenoxy) is 6. The quantitative estimate of drug-likeness (QED) is 0.611. The van der Waals surface area contributed by atoms with E-state index in [1.54, 1.807) is 0 Å². The van der Waals surface area contributed by atoms with Crippen molar-refractivity contribution in [2.24, 2.45) is 0 Å². The van der Waals surface area contributed by atoms with Crippen LogP contribution in [0.1, 0.15) is 0 Å². The highest BCUT2D eigenvalue weighted by Gasteiger charge is 2.17. The second-order valence-corrected chi connectivity index (χ2v) is 6.88. The van der Waals surface area contributed by atoms with Gasteiger partial charge in [-0.3, -0.25) is 0 Å². The number of fused-ring (bicyclic) bond motifs is 2. The minimum atomic E-state index is -0.347. The monoisotopic (exact) mass is 422 g/mol. The molecule has 0 spiro atoms. The van der Waals surface area contributed by atoms with Gasteiger partial charge in [-0.25, -0.2) is 0 Å². The molecule has 1 aliphatic heterocycles. The van der Waals surface area contributed by atoms with Gasteiger partial charge in [0.25, 0.3) is 0 Å². The van der Waals surface area contributed by atoms with Crippen LogP contribution in [0.15, 0.2) is 78.9 Å². The summed E-state index contributed by atoms with van der Waals surface area (Å²) in [6.07, 6.45) is -0.347. The summed E-state index contributed by atoms with van der Waals surface area (Å²) in [5, 5.41) is 0. The molecular formula is C25H26O6. The maximum absolute atomic E-state index is 6.14. The first kappa shape index (κ1) is 20.9. The van der Waals surface area contributed by atoms with Gasteiger partial charge in [0.15, 0.2) is 29.1 Å². The summed E-state index contributed by atoms with van der Waals surface area (Å²) in [6, 6.07) is 24.8. The lowest BCUT2D eigenvalue weighted by Gasteiger charge is -2.22. The van der Waals surface area contributed by atoms with Crippen LogP contribution >= 0.6 is 0 Å². The van der Waals surface area contributed by atoms with Gasteiger partial charge < -0.3 is 28.4 Å². The van der Waals surface area contributed by atoms with Crippen LogP contribution in [0.3, 0.4) is 0 Å². The number of hydrogen-bond acceptors (Lipinski definition) is 6. The first-order chi connectivity index (χ1) is 15.4. The molecule has 0 unspecified atom stereocenters. The Morgan fingerprint density at radius 3 is 1.48 bits per heavy atom. The van der Waals surface area contributed by atoms with Crippen LogP contribution < -0.4 is 23.7 Å². The van der Waals surface area contributed by atoms with Crippen molar-refractivity contribution < 1.29 is 28.4 Å². The lowest BCUT2D eigenvalue weighted by atomic mass is 10.3. The summed E-state index contributed by atoms with van der Waals surface area (Å²) in [5.41, 5.74) is 0. The molecule has 6 heteroatoms. The zero-order chi connectivity index (χ0) is 21.1. The third-order valence-corrected chi connectivity index (χ3v) is 4.56. The Bertz CT molecular complexity index is 875. The highest BCUT2D eigenvalue weighted by molar-refractivity contribution is 5.40. The van der Waals surface area contributed by atoms with Gasteiger partial charge in [-0.1, -0.05) is 42.5 Å². The second kappa shape index (κ2) is 11.1. The third kappa shape index (κ3) is 6.30. The molecule has 0 N–H and O–H groups in total. The summed E-state index contributed by atoms with van der Waals surface area (Å²) in [4.78, 5) is 0. The van der Waals surface area contributed by atoms with Crippen LogP contribution in [-0.2, 0) is 4.74 Å². The van der Waals surface area contributed by atoms with E-state index in [4.69, 9.17) is 28.4 Å². The van der Waals surface area contributed by atoms with Crippen molar-refractivity contribution in [1.29, 1.82) is 0 Å². The van der Waals surface area contributed by atoms with E-state index in [1.807, 2.05) is 78.9 Å². The molecule has 0 radical (unpaired) electrons. The molecule has 0 fully saturated rings. The SMILES string of the molecule is c1ccc(OC2COc3ccccc3OCCOCCOc3ccccc3OC2)cc1. The lowest BCUT2D eigenvalue weighted by Crippen LogP contribution is -2.31. The zero-order valence-corrected chi connectivity index (χ0v) is 17.3. The first-order valence-corrected chi connectivity index (χ1v) is 10.4. The molecule has 162 valence electrons. The summed E-state index contributed by atoms with van der Waals surface area (Å²) >= 11 is 0. The lowest BCUT2D eigenvalue weighted by molar-refractivity contribution is 0.0630. The Balaban J connectivity index is 1.53. The molecule has 0 aliphatic carbocycles. The van der Waals surface area contributed by atoms with Crippen LogP contribution in [0.2, 0.25) is 0 Å². The van der Waals surface area contributed by atoms with Crippen LogP contribution in [0.25, 0.3) is 0 Å². The number of hydrogen-bond donors (Lipinski definition) is 0. The Kier molecular flexibility index (Phi) is 7.50. The second-order valence-electron chi connectivity index (χ2n) is 6.88. The average Bonchev–Trinajstić information content (AvgIpc) is 2.81. The van der Waals surface area contributed by atoms with Crippen LogP contribution in [-0.4, -0.2) is 45.7 Å². The summed E-state index contributed by atoms with van der Waals surface area (Å²) in [6.45, 7) is 2.32. The van der Waals surface area contributed by atoms with Gasteiger partial charge in [-0.05, 0) is 36.4 Å². The predicted molar refractivity (Wildman–Crippen MR) is 117 cm³/mol. The Hall–Kier alpha value is -3.38. The molecule has 1 heterocycles. The Morgan fingerprint density at radius 2 is 0.968 bits per heavy atom. The van der Waals surface area contributed by atoms with Crippen molar-refractivity contribution in [3.05, 3.63) is 78.9 Å². The first-order valence-electron chi connectivity index (χ1n) is 10.4. The van der Waals surface area contributed by atoms with E-state index in [0.29, 0.717) is 49.4 Å². The van der Waals surface area contributed by atoms with Crippen molar-refractivity contribution in [3.8, 4) is 28.7 Å². The highest BCUT2D eigenvalue weighted by atomic mass is 16.6. The number of benzene rings is 3. The molecule has 0 atom stereocenters. The van der Waals surface area contributed by atoms with E-state index in [1.165, 1.54) is 0 Å². The van der Waals surface area contributed by atoms with E-state index in [0.717, 1.165) is 5.75 Å². The molecule has 0 saturated carbocycles.